The molecule has 0 saturated carbocycles. The summed E-state index contributed by atoms with van der Waals surface area (Å²) >= 11 is 0. The molecule has 0 N–H and O–H groups in total. The molecule has 0 aliphatic carbocycles. The Labute approximate surface area is 104 Å². The fourth-order valence-electron chi connectivity index (χ4n) is 1.54. The molecule has 0 amide bonds. The number of methoxy groups -OCH3 is 1. The van der Waals surface area contributed by atoms with Crippen LogP contribution in [-0.4, -0.2) is 42.8 Å². The summed E-state index contributed by atoms with van der Waals surface area (Å²) in [6.45, 7) is 4.43. The molecular weight excluding hydrogens is 236 g/mol. The summed E-state index contributed by atoms with van der Waals surface area (Å²) in [4.78, 5) is 15.4. The van der Waals surface area contributed by atoms with Crippen molar-refractivity contribution in [1.29, 1.82) is 0 Å². The van der Waals surface area contributed by atoms with Gasteiger partial charge >= 0.3 is 5.97 Å². The van der Waals surface area contributed by atoms with E-state index in [1.807, 2.05) is 13.8 Å². The number of ether oxygens (including phenoxy) is 1. The van der Waals surface area contributed by atoms with Crippen molar-refractivity contribution in [2.75, 3.05) is 7.11 Å². The van der Waals surface area contributed by atoms with Crippen molar-refractivity contribution in [3.63, 3.8) is 0 Å². The van der Waals surface area contributed by atoms with Gasteiger partial charge in [0.15, 0.2) is 5.69 Å². The van der Waals surface area contributed by atoms with Crippen molar-refractivity contribution in [3.05, 3.63) is 24.0 Å². The van der Waals surface area contributed by atoms with Crippen molar-refractivity contribution in [2.24, 2.45) is 0 Å². The summed E-state index contributed by atoms with van der Waals surface area (Å²) < 4.78 is 7.87. The molecule has 0 fully saturated rings. The van der Waals surface area contributed by atoms with E-state index in [-0.39, 0.29) is 11.7 Å². The molecule has 2 aromatic rings. The second kappa shape index (κ2) is 4.94. The molecule has 0 atom stereocenters. The Morgan fingerprint density at radius 1 is 1.50 bits per heavy atom. The van der Waals surface area contributed by atoms with E-state index in [1.165, 1.54) is 24.3 Å². The van der Waals surface area contributed by atoms with Crippen LogP contribution < -0.4 is 0 Å². The molecule has 8 nitrogen and oxygen atoms in total. The lowest BCUT2D eigenvalue weighted by molar-refractivity contribution is 0.0594. The number of hydrogen-bond acceptors (Lipinski definition) is 6. The Kier molecular flexibility index (Phi) is 3.35. The summed E-state index contributed by atoms with van der Waals surface area (Å²) in [7, 11) is 1.30. The maximum atomic E-state index is 11.2. The largest absolute Gasteiger partial charge is 0.464 e. The summed E-state index contributed by atoms with van der Waals surface area (Å²) in [5.74, 6) is 0.248. The predicted octanol–water partition coefficient (Wildman–Crippen LogP) is 0.285. The van der Waals surface area contributed by atoms with E-state index in [9.17, 15) is 4.79 Å². The van der Waals surface area contributed by atoms with Gasteiger partial charge in [-0.1, -0.05) is 5.21 Å². The Morgan fingerprint density at radius 3 is 2.94 bits per heavy atom. The first kappa shape index (κ1) is 12.2. The van der Waals surface area contributed by atoms with Gasteiger partial charge in [0.25, 0.3) is 0 Å². The number of carbonyl (C=O) groups is 1. The van der Waals surface area contributed by atoms with Crippen molar-refractivity contribution in [1.82, 2.24) is 29.8 Å². The van der Waals surface area contributed by atoms with E-state index in [0.29, 0.717) is 6.54 Å². The molecule has 0 radical (unpaired) electrons. The predicted molar refractivity (Wildman–Crippen MR) is 60.9 cm³/mol. The number of rotatable bonds is 4. The van der Waals surface area contributed by atoms with Crippen LogP contribution in [0.3, 0.4) is 0 Å². The Balaban J connectivity index is 2.16. The van der Waals surface area contributed by atoms with E-state index in [4.69, 9.17) is 0 Å². The van der Waals surface area contributed by atoms with Crippen LogP contribution in [0, 0.1) is 0 Å². The van der Waals surface area contributed by atoms with Gasteiger partial charge in [0, 0.05) is 6.04 Å². The third kappa shape index (κ3) is 2.36. The van der Waals surface area contributed by atoms with Gasteiger partial charge in [0.2, 0.25) is 0 Å². The summed E-state index contributed by atoms with van der Waals surface area (Å²) in [5.41, 5.74) is 0.174. The van der Waals surface area contributed by atoms with E-state index in [1.54, 1.807) is 4.68 Å². The first-order valence-corrected chi connectivity index (χ1v) is 5.48. The van der Waals surface area contributed by atoms with Gasteiger partial charge in [-0.25, -0.2) is 19.1 Å². The molecule has 18 heavy (non-hydrogen) atoms. The zero-order valence-electron chi connectivity index (χ0n) is 10.4. The van der Waals surface area contributed by atoms with Crippen LogP contribution >= 0.6 is 0 Å². The van der Waals surface area contributed by atoms with Crippen LogP contribution in [0.1, 0.15) is 36.2 Å². The van der Waals surface area contributed by atoms with E-state index in [2.05, 4.69) is 25.1 Å². The smallest absolute Gasteiger partial charge is 0.360 e. The Morgan fingerprint density at radius 2 is 2.28 bits per heavy atom. The summed E-state index contributed by atoms with van der Waals surface area (Å²) in [6, 6.07) is 0.214. The quantitative estimate of drug-likeness (QED) is 0.724. The molecular formula is C10H14N6O2. The van der Waals surface area contributed by atoms with Gasteiger partial charge in [-0.15, -0.1) is 5.10 Å². The highest BCUT2D eigenvalue weighted by Crippen LogP contribution is 2.06. The highest BCUT2D eigenvalue weighted by Gasteiger charge is 2.13. The minimum absolute atomic E-state index is 0.174. The molecule has 2 rings (SSSR count). The second-order valence-electron chi connectivity index (χ2n) is 4.01. The SMILES string of the molecule is COC(=O)c1cn(Cc2ncnn2C(C)C)nn1. The topological polar surface area (TPSA) is 87.7 Å². The molecule has 0 aliphatic heterocycles. The third-order valence-corrected chi connectivity index (χ3v) is 2.37. The number of esters is 1. The van der Waals surface area contributed by atoms with Gasteiger partial charge in [-0.3, -0.25) is 0 Å². The van der Waals surface area contributed by atoms with Gasteiger partial charge in [0.1, 0.15) is 18.7 Å². The van der Waals surface area contributed by atoms with Gasteiger partial charge in [-0.2, -0.15) is 5.10 Å². The second-order valence-corrected chi connectivity index (χ2v) is 4.01. The Hall–Kier alpha value is -2.25. The van der Waals surface area contributed by atoms with Crippen molar-refractivity contribution in [3.8, 4) is 0 Å². The van der Waals surface area contributed by atoms with Crippen LogP contribution in [0.15, 0.2) is 12.5 Å². The fourth-order valence-corrected chi connectivity index (χ4v) is 1.54. The van der Waals surface area contributed by atoms with E-state index in [0.717, 1.165) is 5.82 Å². The monoisotopic (exact) mass is 250 g/mol. The van der Waals surface area contributed by atoms with Gasteiger partial charge in [-0.05, 0) is 13.8 Å². The molecule has 0 saturated heterocycles. The number of hydrogen-bond donors (Lipinski definition) is 0. The number of nitrogens with zero attached hydrogens (tertiary/aromatic N) is 6. The van der Waals surface area contributed by atoms with E-state index < -0.39 is 5.97 Å². The standard InChI is InChI=1S/C10H14N6O2/c1-7(2)16-9(11-6-12-16)5-15-4-8(13-14-15)10(17)18-3/h4,6-7H,5H2,1-3H3. The average molecular weight is 250 g/mol. The maximum absolute atomic E-state index is 11.2. The lowest BCUT2D eigenvalue weighted by atomic mass is 10.4. The summed E-state index contributed by atoms with van der Waals surface area (Å²) in [6.07, 6.45) is 3.01. The van der Waals surface area contributed by atoms with Crippen LogP contribution in [0.4, 0.5) is 0 Å². The average Bonchev–Trinajstić information content (AvgIpc) is 2.97. The third-order valence-electron chi connectivity index (χ3n) is 2.37. The zero-order chi connectivity index (χ0) is 13.1. The normalized spacial score (nSPS) is 10.9. The molecule has 0 spiro atoms. The lowest BCUT2D eigenvalue weighted by Gasteiger charge is -2.08. The highest BCUT2D eigenvalue weighted by atomic mass is 16.5. The molecule has 0 unspecified atom stereocenters. The van der Waals surface area contributed by atoms with Crippen molar-refractivity contribution < 1.29 is 9.53 Å². The fraction of sp³-hybridized carbons (Fsp3) is 0.500. The van der Waals surface area contributed by atoms with Crippen LogP contribution in [0.2, 0.25) is 0 Å². The van der Waals surface area contributed by atoms with Crippen LogP contribution in [0.5, 0.6) is 0 Å². The minimum atomic E-state index is -0.508. The van der Waals surface area contributed by atoms with Crippen molar-refractivity contribution in [2.45, 2.75) is 26.4 Å². The number of carbonyl (C=O) groups excluding carboxylic acids is 1. The van der Waals surface area contributed by atoms with E-state index >= 15 is 0 Å². The molecule has 2 aromatic heterocycles. The molecule has 0 aliphatic rings. The first-order chi connectivity index (χ1) is 8.61. The molecule has 8 heteroatoms. The first-order valence-electron chi connectivity index (χ1n) is 5.48. The minimum Gasteiger partial charge on any atom is -0.464 e. The highest BCUT2D eigenvalue weighted by molar-refractivity contribution is 5.86. The van der Waals surface area contributed by atoms with Crippen LogP contribution in [-0.2, 0) is 11.3 Å². The van der Waals surface area contributed by atoms with Crippen molar-refractivity contribution >= 4 is 5.97 Å². The summed E-state index contributed by atoms with van der Waals surface area (Å²) in [5, 5.41) is 11.7. The maximum Gasteiger partial charge on any atom is 0.360 e. The number of aromatic nitrogens is 6. The van der Waals surface area contributed by atoms with Crippen LogP contribution in [0.25, 0.3) is 0 Å². The Bertz CT molecular complexity index is 544. The molecule has 0 bridgehead atoms. The van der Waals surface area contributed by atoms with Gasteiger partial charge < -0.3 is 4.74 Å². The molecule has 0 aromatic carbocycles. The lowest BCUT2D eigenvalue weighted by Crippen LogP contribution is -2.12. The molecule has 2 heterocycles. The molecule has 96 valence electrons. The zero-order valence-corrected chi connectivity index (χ0v) is 10.4. The van der Waals surface area contributed by atoms with Gasteiger partial charge in [0.05, 0.1) is 13.3 Å².